The third-order valence-corrected chi connectivity index (χ3v) is 5.14. The largest absolute Gasteiger partial charge is 0.368 e. The topological polar surface area (TPSA) is 121 Å². The van der Waals surface area contributed by atoms with E-state index < -0.39 is 5.54 Å². The highest BCUT2D eigenvalue weighted by molar-refractivity contribution is 5.87. The van der Waals surface area contributed by atoms with Crippen LogP contribution in [0.2, 0.25) is 0 Å². The first-order valence-electron chi connectivity index (χ1n) is 9.22. The zero-order valence-corrected chi connectivity index (χ0v) is 15.1. The van der Waals surface area contributed by atoms with Gasteiger partial charge in [-0.1, -0.05) is 30.3 Å². The lowest BCUT2D eigenvalue weighted by Crippen LogP contribution is -2.66. The summed E-state index contributed by atoms with van der Waals surface area (Å²) < 4.78 is 0. The van der Waals surface area contributed by atoms with Crippen molar-refractivity contribution in [3.05, 3.63) is 35.9 Å². The summed E-state index contributed by atoms with van der Waals surface area (Å²) in [4.78, 5) is 27.3. The second-order valence-electron chi connectivity index (χ2n) is 6.91. The average Bonchev–Trinajstić information content (AvgIpc) is 2.70. The van der Waals surface area contributed by atoms with Crippen LogP contribution >= 0.6 is 0 Å². The summed E-state index contributed by atoms with van der Waals surface area (Å²) >= 11 is 0. The molecule has 0 radical (unpaired) electrons. The van der Waals surface area contributed by atoms with Gasteiger partial charge < -0.3 is 26.6 Å². The van der Waals surface area contributed by atoms with E-state index in [-0.39, 0.29) is 11.9 Å². The first-order valence-corrected chi connectivity index (χ1v) is 9.22. The van der Waals surface area contributed by atoms with E-state index in [1.165, 1.54) is 0 Å². The van der Waals surface area contributed by atoms with Crippen LogP contribution in [0.5, 0.6) is 0 Å². The molecule has 4 rings (SSSR count). The Bertz CT molecular complexity index is 804. The number of anilines is 3. The summed E-state index contributed by atoms with van der Waals surface area (Å²) in [7, 11) is 0. The first-order chi connectivity index (χ1) is 13.1. The van der Waals surface area contributed by atoms with Crippen molar-refractivity contribution in [1.29, 1.82) is 0 Å². The molecule has 0 saturated carbocycles. The molecule has 1 spiro atoms. The lowest BCUT2D eigenvalue weighted by atomic mass is 9.85. The number of nitrogens with one attached hydrogen (secondary N) is 3. The minimum Gasteiger partial charge on any atom is -0.368 e. The van der Waals surface area contributed by atoms with Crippen LogP contribution in [-0.4, -0.2) is 52.6 Å². The Kier molecular flexibility index (Phi) is 4.76. The number of benzene rings is 1. The molecule has 1 aromatic heterocycles. The van der Waals surface area contributed by atoms with E-state index in [4.69, 9.17) is 5.73 Å². The van der Waals surface area contributed by atoms with Crippen LogP contribution < -0.4 is 26.6 Å². The molecule has 27 heavy (non-hydrogen) atoms. The Morgan fingerprint density at radius 1 is 1.11 bits per heavy atom. The van der Waals surface area contributed by atoms with Gasteiger partial charge in [0.1, 0.15) is 5.54 Å². The molecule has 0 aliphatic carbocycles. The van der Waals surface area contributed by atoms with Crippen molar-refractivity contribution in [3.63, 3.8) is 0 Å². The molecule has 0 bridgehead atoms. The van der Waals surface area contributed by atoms with Gasteiger partial charge in [-0.3, -0.25) is 4.79 Å². The van der Waals surface area contributed by atoms with Gasteiger partial charge in [-0.2, -0.15) is 15.0 Å². The molecule has 0 atom stereocenters. The second kappa shape index (κ2) is 7.36. The fourth-order valence-corrected chi connectivity index (χ4v) is 3.60. The first kappa shape index (κ1) is 17.5. The number of nitrogen functional groups attached to an aromatic ring is 1. The molecule has 2 aliphatic rings. The minimum absolute atomic E-state index is 0.0915. The van der Waals surface area contributed by atoms with Crippen LogP contribution in [0.4, 0.5) is 17.8 Å². The van der Waals surface area contributed by atoms with Crippen LogP contribution in [0.1, 0.15) is 18.4 Å². The van der Waals surface area contributed by atoms with E-state index in [1.54, 1.807) is 0 Å². The number of rotatable bonds is 4. The van der Waals surface area contributed by atoms with E-state index in [0.29, 0.717) is 50.9 Å². The average molecular weight is 368 g/mol. The van der Waals surface area contributed by atoms with Crippen molar-refractivity contribution in [2.75, 3.05) is 42.1 Å². The third kappa shape index (κ3) is 3.77. The van der Waals surface area contributed by atoms with Crippen LogP contribution in [0, 0.1) is 0 Å². The predicted molar refractivity (Wildman–Crippen MR) is 103 cm³/mol. The number of hydrogen-bond acceptors (Lipinski definition) is 8. The van der Waals surface area contributed by atoms with E-state index in [2.05, 4.69) is 35.8 Å². The maximum Gasteiger partial charge on any atom is 0.240 e. The summed E-state index contributed by atoms with van der Waals surface area (Å²) in [5, 5.41) is 9.54. The molecule has 9 nitrogen and oxygen atoms in total. The Hall–Kier alpha value is -2.94. The summed E-state index contributed by atoms with van der Waals surface area (Å²) in [6.07, 6.45) is 1.41. The molecular weight excluding hydrogens is 344 g/mol. The van der Waals surface area contributed by atoms with E-state index in [0.717, 1.165) is 12.1 Å². The van der Waals surface area contributed by atoms with Gasteiger partial charge in [0, 0.05) is 32.7 Å². The molecule has 1 aromatic carbocycles. The molecule has 5 N–H and O–H groups in total. The number of hydrogen-bond donors (Lipinski definition) is 4. The smallest absolute Gasteiger partial charge is 0.240 e. The van der Waals surface area contributed by atoms with Crippen LogP contribution in [-0.2, 0) is 11.3 Å². The van der Waals surface area contributed by atoms with Gasteiger partial charge in [-0.25, -0.2) is 0 Å². The zero-order chi connectivity index (χ0) is 18.7. The summed E-state index contributed by atoms with van der Waals surface area (Å²) in [5.41, 5.74) is 6.55. The third-order valence-electron chi connectivity index (χ3n) is 5.14. The van der Waals surface area contributed by atoms with Crippen LogP contribution in [0.25, 0.3) is 0 Å². The number of piperazine rings is 1. The molecule has 2 saturated heterocycles. The fraction of sp³-hybridized carbons (Fsp3) is 0.444. The predicted octanol–water partition coefficient (Wildman–Crippen LogP) is 0.124. The van der Waals surface area contributed by atoms with Gasteiger partial charge in [0.05, 0.1) is 0 Å². The van der Waals surface area contributed by atoms with Gasteiger partial charge in [0.15, 0.2) is 0 Å². The van der Waals surface area contributed by atoms with E-state index in [1.807, 2.05) is 30.3 Å². The Morgan fingerprint density at radius 3 is 2.63 bits per heavy atom. The number of nitrogens with zero attached hydrogens (tertiary/aromatic N) is 4. The molecule has 2 aromatic rings. The number of nitrogens with two attached hydrogens (primary N) is 1. The Balaban J connectivity index is 1.43. The van der Waals surface area contributed by atoms with Crippen LogP contribution in [0.15, 0.2) is 30.3 Å². The highest BCUT2D eigenvalue weighted by Gasteiger charge is 2.43. The normalized spacial score (nSPS) is 19.0. The number of aromatic nitrogens is 3. The van der Waals surface area contributed by atoms with E-state index in [9.17, 15) is 4.79 Å². The number of carbonyl (C=O) groups excluding carboxylic acids is 1. The minimum atomic E-state index is -0.471. The molecule has 9 heteroatoms. The molecular formula is C18H24N8O. The van der Waals surface area contributed by atoms with Gasteiger partial charge in [-0.15, -0.1) is 0 Å². The number of piperidine rings is 1. The van der Waals surface area contributed by atoms with Gasteiger partial charge >= 0.3 is 0 Å². The van der Waals surface area contributed by atoms with Gasteiger partial charge in [0.25, 0.3) is 0 Å². The Morgan fingerprint density at radius 2 is 1.89 bits per heavy atom. The molecule has 1 amide bonds. The maximum atomic E-state index is 12.3. The zero-order valence-electron chi connectivity index (χ0n) is 15.1. The van der Waals surface area contributed by atoms with Crippen molar-refractivity contribution in [1.82, 2.24) is 25.6 Å². The number of carbonyl (C=O) groups is 1. The highest BCUT2D eigenvalue weighted by Crippen LogP contribution is 2.26. The standard InChI is InChI=1S/C18H24N8O/c19-15-23-16(21-12-13-4-2-1-3-5-13)25-17(24-15)26-10-6-18(7-11-26)14(27)20-8-9-22-18/h1-5,22H,6-12H2,(H,20,27)(H3,19,21,23,24,25). The van der Waals surface area contributed by atoms with Gasteiger partial charge in [0.2, 0.25) is 23.8 Å². The molecule has 3 heterocycles. The van der Waals surface area contributed by atoms with Gasteiger partial charge in [-0.05, 0) is 18.4 Å². The number of amides is 1. The monoisotopic (exact) mass is 368 g/mol. The summed E-state index contributed by atoms with van der Waals surface area (Å²) in [5.74, 6) is 1.28. The maximum absolute atomic E-state index is 12.3. The quantitative estimate of drug-likeness (QED) is 0.601. The van der Waals surface area contributed by atoms with Crippen molar-refractivity contribution in [3.8, 4) is 0 Å². The fourth-order valence-electron chi connectivity index (χ4n) is 3.60. The molecule has 2 fully saturated rings. The second-order valence-corrected chi connectivity index (χ2v) is 6.91. The summed E-state index contributed by atoms with van der Waals surface area (Å²) in [6.45, 7) is 3.46. The SMILES string of the molecule is Nc1nc(NCc2ccccc2)nc(N2CCC3(CC2)NCCNC3=O)n1. The highest BCUT2D eigenvalue weighted by atomic mass is 16.2. The van der Waals surface area contributed by atoms with Crippen molar-refractivity contribution < 1.29 is 4.79 Å². The molecule has 142 valence electrons. The van der Waals surface area contributed by atoms with Crippen LogP contribution in [0.3, 0.4) is 0 Å². The van der Waals surface area contributed by atoms with Crippen molar-refractivity contribution in [2.45, 2.75) is 24.9 Å². The van der Waals surface area contributed by atoms with Crippen molar-refractivity contribution in [2.24, 2.45) is 0 Å². The van der Waals surface area contributed by atoms with E-state index >= 15 is 0 Å². The van der Waals surface area contributed by atoms with Crippen molar-refractivity contribution >= 4 is 23.8 Å². The lowest BCUT2D eigenvalue weighted by molar-refractivity contribution is -0.130. The Labute approximate surface area is 157 Å². The summed E-state index contributed by atoms with van der Waals surface area (Å²) in [6, 6.07) is 10.0. The molecule has 0 unspecified atom stereocenters. The lowest BCUT2D eigenvalue weighted by Gasteiger charge is -2.43. The molecule has 2 aliphatic heterocycles.